The van der Waals surface area contributed by atoms with Crippen LogP contribution >= 0.6 is 0 Å². The minimum absolute atomic E-state index is 0.0215. The van der Waals surface area contributed by atoms with Gasteiger partial charge in [0, 0.05) is 11.1 Å². The second-order valence-corrected chi connectivity index (χ2v) is 9.78. The zero-order chi connectivity index (χ0) is 26.5. The minimum Gasteiger partial charge on any atom is -0.507 e. The van der Waals surface area contributed by atoms with Crippen LogP contribution in [0.5, 0.6) is 11.5 Å². The van der Waals surface area contributed by atoms with Gasteiger partial charge < -0.3 is 9.84 Å². The van der Waals surface area contributed by atoms with E-state index < -0.39 is 0 Å². The lowest BCUT2D eigenvalue weighted by molar-refractivity contribution is 0.103. The Kier molecular flexibility index (Phi) is 5.31. The summed E-state index contributed by atoms with van der Waals surface area (Å²) < 4.78 is 5.69. The largest absolute Gasteiger partial charge is 0.507 e. The second kappa shape index (κ2) is 9.00. The number of ketones is 1. The van der Waals surface area contributed by atoms with E-state index in [1.54, 1.807) is 31.4 Å². The maximum absolute atomic E-state index is 13.2. The summed E-state index contributed by atoms with van der Waals surface area (Å²) in [6.45, 7) is 0. The van der Waals surface area contributed by atoms with Gasteiger partial charge in [-0.2, -0.15) is 0 Å². The van der Waals surface area contributed by atoms with E-state index in [2.05, 4.69) is 54.6 Å². The highest BCUT2D eigenvalue weighted by Gasteiger charge is 2.18. The maximum Gasteiger partial charge on any atom is 0.196 e. The molecule has 0 aromatic heterocycles. The van der Waals surface area contributed by atoms with Crippen LogP contribution in [0.1, 0.15) is 15.9 Å². The van der Waals surface area contributed by atoms with E-state index in [1.165, 1.54) is 16.2 Å². The lowest BCUT2D eigenvalue weighted by atomic mass is 9.86. The van der Waals surface area contributed by atoms with Crippen LogP contribution in [0, 0.1) is 0 Å². The molecule has 0 unspecified atom stereocenters. The van der Waals surface area contributed by atoms with Gasteiger partial charge in [-0.25, -0.2) is 0 Å². The summed E-state index contributed by atoms with van der Waals surface area (Å²) in [5.74, 6) is 0.619. The van der Waals surface area contributed by atoms with E-state index >= 15 is 0 Å². The monoisotopic (exact) mass is 504 g/mol. The molecule has 0 fully saturated rings. The molecule has 0 atom stereocenters. The summed E-state index contributed by atoms with van der Waals surface area (Å²) in [4.78, 5) is 13.2. The fraction of sp³-hybridized carbons (Fsp3) is 0.0278. The van der Waals surface area contributed by atoms with Gasteiger partial charge >= 0.3 is 0 Å². The summed E-state index contributed by atoms with van der Waals surface area (Å²) >= 11 is 0. The highest BCUT2D eigenvalue weighted by molar-refractivity contribution is 6.27. The number of carbonyl (C=O) groups is 1. The molecule has 39 heavy (non-hydrogen) atoms. The minimum atomic E-state index is -0.200. The Morgan fingerprint density at radius 1 is 0.615 bits per heavy atom. The van der Waals surface area contributed by atoms with Gasteiger partial charge in [-0.3, -0.25) is 4.79 Å². The molecule has 3 heteroatoms. The van der Waals surface area contributed by atoms with Gasteiger partial charge in [-0.05, 0) is 67.2 Å². The first-order valence-corrected chi connectivity index (χ1v) is 12.9. The Hall–Kier alpha value is -5.15. The van der Waals surface area contributed by atoms with Crippen LogP contribution in [0.4, 0.5) is 0 Å². The fourth-order valence-electron chi connectivity index (χ4n) is 5.79. The van der Waals surface area contributed by atoms with Crippen molar-refractivity contribution in [3.05, 3.63) is 132 Å². The smallest absolute Gasteiger partial charge is 0.196 e. The van der Waals surface area contributed by atoms with Gasteiger partial charge in [-0.1, -0.05) is 103 Å². The quantitative estimate of drug-likeness (QED) is 0.188. The van der Waals surface area contributed by atoms with Crippen LogP contribution in [-0.2, 0) is 0 Å². The summed E-state index contributed by atoms with van der Waals surface area (Å²) in [7, 11) is 1.70. The number of ether oxygens (including phenoxy) is 1. The summed E-state index contributed by atoms with van der Waals surface area (Å²) in [5.41, 5.74) is 4.92. The fourth-order valence-corrected chi connectivity index (χ4v) is 5.79. The van der Waals surface area contributed by atoms with E-state index in [0.29, 0.717) is 11.1 Å². The highest BCUT2D eigenvalue weighted by atomic mass is 16.5. The summed E-state index contributed by atoms with van der Waals surface area (Å²) in [6.07, 6.45) is 0. The molecule has 0 radical (unpaired) electrons. The molecule has 3 nitrogen and oxygen atoms in total. The molecule has 0 spiro atoms. The average molecular weight is 505 g/mol. The molecule has 0 bridgehead atoms. The lowest BCUT2D eigenvalue weighted by Gasteiger charge is -2.17. The summed E-state index contributed by atoms with van der Waals surface area (Å²) in [5, 5.41) is 17.6. The number of phenols is 1. The van der Waals surface area contributed by atoms with Gasteiger partial charge in [0.2, 0.25) is 0 Å². The number of hydrogen-bond acceptors (Lipinski definition) is 3. The van der Waals surface area contributed by atoms with Crippen LogP contribution in [0.25, 0.3) is 54.6 Å². The van der Waals surface area contributed by atoms with Crippen LogP contribution in [0.3, 0.4) is 0 Å². The van der Waals surface area contributed by atoms with Crippen molar-refractivity contribution < 1.29 is 14.6 Å². The second-order valence-electron chi connectivity index (χ2n) is 9.78. The zero-order valence-corrected chi connectivity index (χ0v) is 21.3. The van der Waals surface area contributed by atoms with E-state index in [-0.39, 0.29) is 11.5 Å². The zero-order valence-electron chi connectivity index (χ0n) is 21.3. The number of methoxy groups -OCH3 is 1. The Morgan fingerprint density at radius 2 is 1.23 bits per heavy atom. The molecule has 7 aromatic rings. The van der Waals surface area contributed by atoms with Gasteiger partial charge in [0.15, 0.2) is 5.78 Å². The van der Waals surface area contributed by atoms with Crippen LogP contribution < -0.4 is 4.74 Å². The van der Waals surface area contributed by atoms with Crippen LogP contribution in [0.2, 0.25) is 0 Å². The normalized spacial score (nSPS) is 11.4. The number of para-hydroxylation sites is 1. The molecule has 0 saturated carbocycles. The molecule has 186 valence electrons. The predicted octanol–water partition coefficient (Wildman–Crippen LogP) is 8.86. The maximum atomic E-state index is 13.2. The SMILES string of the molecule is COc1ccccc1-c1ccc2ccc3c(-c4ccc(O)c(C(=O)c5ccccc5)c4)ccc4ccc1c2c43. The van der Waals surface area contributed by atoms with Crippen LogP contribution in [-0.4, -0.2) is 18.0 Å². The molecular weight excluding hydrogens is 480 g/mol. The number of aromatic hydroxyl groups is 1. The first-order valence-electron chi connectivity index (χ1n) is 12.9. The number of rotatable bonds is 5. The van der Waals surface area contributed by atoms with Gasteiger partial charge in [0.25, 0.3) is 0 Å². The van der Waals surface area contributed by atoms with E-state index in [4.69, 9.17) is 4.74 Å². The van der Waals surface area contributed by atoms with Crippen molar-refractivity contribution in [1.82, 2.24) is 0 Å². The van der Waals surface area contributed by atoms with Crippen molar-refractivity contribution in [3.63, 3.8) is 0 Å². The van der Waals surface area contributed by atoms with Crippen molar-refractivity contribution in [1.29, 1.82) is 0 Å². The first kappa shape index (κ1) is 23.0. The lowest BCUT2D eigenvalue weighted by Crippen LogP contribution is -2.01. The van der Waals surface area contributed by atoms with Crippen molar-refractivity contribution in [2.45, 2.75) is 0 Å². The van der Waals surface area contributed by atoms with Crippen molar-refractivity contribution >= 4 is 38.1 Å². The molecule has 1 N–H and O–H groups in total. The third-order valence-corrected chi connectivity index (χ3v) is 7.65. The van der Waals surface area contributed by atoms with Gasteiger partial charge in [0.1, 0.15) is 11.5 Å². The van der Waals surface area contributed by atoms with E-state index in [0.717, 1.165) is 44.2 Å². The Labute approximate surface area is 225 Å². The van der Waals surface area contributed by atoms with Gasteiger partial charge in [-0.15, -0.1) is 0 Å². The standard InChI is InChI=1S/C36H24O3/c1-39-33-10-6-5-9-28(33)27-17-12-23-13-18-29-26(16-11-22-14-19-30(27)35(23)34(22)29)25-15-20-32(37)31(21-25)36(38)24-7-3-2-4-8-24/h2-21,37H,1H3. The molecule has 7 aromatic carbocycles. The molecule has 0 amide bonds. The molecule has 0 aliphatic carbocycles. The summed E-state index contributed by atoms with van der Waals surface area (Å²) in [6, 6.07) is 39.7. The number of phenolic OH excluding ortho intramolecular Hbond substituents is 1. The Bertz CT molecular complexity index is 2020. The van der Waals surface area contributed by atoms with Crippen molar-refractivity contribution in [3.8, 4) is 33.8 Å². The molecule has 7 rings (SSSR count). The molecule has 0 saturated heterocycles. The molecular formula is C36H24O3. The molecule has 0 heterocycles. The molecule has 0 aliphatic rings. The Balaban J connectivity index is 1.46. The van der Waals surface area contributed by atoms with Crippen LogP contribution in [0.15, 0.2) is 121 Å². The van der Waals surface area contributed by atoms with E-state index in [1.807, 2.05) is 42.5 Å². The third kappa shape index (κ3) is 3.63. The van der Waals surface area contributed by atoms with Crippen molar-refractivity contribution in [2.75, 3.05) is 7.11 Å². The first-order chi connectivity index (χ1) is 19.1. The van der Waals surface area contributed by atoms with E-state index in [9.17, 15) is 9.90 Å². The average Bonchev–Trinajstić information content (AvgIpc) is 3.00. The third-order valence-electron chi connectivity index (χ3n) is 7.65. The predicted molar refractivity (Wildman–Crippen MR) is 159 cm³/mol. The topological polar surface area (TPSA) is 46.5 Å². The molecule has 0 aliphatic heterocycles. The number of benzene rings is 7. The van der Waals surface area contributed by atoms with Gasteiger partial charge in [0.05, 0.1) is 12.7 Å². The highest BCUT2D eigenvalue weighted by Crippen LogP contribution is 2.44. The number of carbonyl (C=O) groups excluding carboxylic acids is 1. The Morgan fingerprint density at radius 3 is 1.95 bits per heavy atom. The van der Waals surface area contributed by atoms with Crippen molar-refractivity contribution in [2.24, 2.45) is 0 Å². The number of hydrogen-bond donors (Lipinski definition) is 1.